The fraction of sp³-hybridized carbons (Fsp3) is 0.692. The number of hydrogen-bond donors (Lipinski definition) is 0. The molecule has 130 valence electrons. The molecule has 0 N–H and O–H groups in total. The van der Waals surface area contributed by atoms with E-state index in [-0.39, 0.29) is 6.10 Å². The van der Waals surface area contributed by atoms with E-state index in [0.717, 1.165) is 19.3 Å². The number of halogens is 6. The Morgan fingerprint density at radius 3 is 2.26 bits per heavy atom. The smallest absolute Gasteiger partial charge is 0.423 e. The number of aromatic nitrogens is 2. The van der Waals surface area contributed by atoms with Crippen molar-refractivity contribution in [1.82, 2.24) is 9.97 Å². The minimum absolute atomic E-state index is 0.254. The van der Waals surface area contributed by atoms with Crippen molar-refractivity contribution in [2.24, 2.45) is 0 Å². The highest BCUT2D eigenvalue weighted by Crippen LogP contribution is 2.36. The molecular formula is C13H14F6N2O2. The van der Waals surface area contributed by atoms with Gasteiger partial charge < -0.3 is 9.47 Å². The average molecular weight is 344 g/mol. The van der Waals surface area contributed by atoms with E-state index in [1.54, 1.807) is 0 Å². The van der Waals surface area contributed by atoms with Gasteiger partial charge in [-0.15, -0.1) is 0 Å². The zero-order chi connectivity index (χ0) is 17.1. The standard InChI is InChI=1S/C13H14F6N2O2/c14-12(15,16)7-22-10-9(13(17,18)19)6-20-11(21-10)23-8-4-2-1-3-5-8/h6,8H,1-5,7H2. The van der Waals surface area contributed by atoms with Gasteiger partial charge >= 0.3 is 18.4 Å². The van der Waals surface area contributed by atoms with Crippen LogP contribution in [0.3, 0.4) is 0 Å². The van der Waals surface area contributed by atoms with Crippen LogP contribution in [0.15, 0.2) is 6.20 Å². The van der Waals surface area contributed by atoms with Crippen LogP contribution in [0.25, 0.3) is 0 Å². The molecule has 0 spiro atoms. The van der Waals surface area contributed by atoms with Gasteiger partial charge in [0.25, 0.3) is 0 Å². The Hall–Kier alpha value is -1.74. The molecule has 1 fully saturated rings. The van der Waals surface area contributed by atoms with E-state index in [0.29, 0.717) is 19.0 Å². The van der Waals surface area contributed by atoms with E-state index >= 15 is 0 Å². The molecule has 0 aromatic carbocycles. The van der Waals surface area contributed by atoms with Gasteiger partial charge in [-0.3, -0.25) is 0 Å². The largest absolute Gasteiger partial charge is 0.467 e. The summed E-state index contributed by atoms with van der Waals surface area (Å²) in [6, 6.07) is -0.415. The fourth-order valence-electron chi connectivity index (χ4n) is 2.19. The maximum atomic E-state index is 12.8. The molecule has 0 radical (unpaired) electrons. The molecular weight excluding hydrogens is 330 g/mol. The molecule has 4 nitrogen and oxygen atoms in total. The van der Waals surface area contributed by atoms with Crippen molar-refractivity contribution in [1.29, 1.82) is 0 Å². The number of ether oxygens (including phenoxy) is 2. The van der Waals surface area contributed by atoms with Gasteiger partial charge in [-0.2, -0.15) is 31.3 Å². The molecule has 0 aliphatic heterocycles. The highest BCUT2D eigenvalue weighted by atomic mass is 19.4. The number of hydrogen-bond acceptors (Lipinski definition) is 4. The molecule has 0 atom stereocenters. The fourth-order valence-corrected chi connectivity index (χ4v) is 2.19. The molecule has 1 aromatic rings. The van der Waals surface area contributed by atoms with Gasteiger partial charge in [0, 0.05) is 0 Å². The molecule has 1 saturated carbocycles. The predicted molar refractivity (Wildman–Crippen MR) is 66.1 cm³/mol. The maximum absolute atomic E-state index is 12.8. The summed E-state index contributed by atoms with van der Waals surface area (Å²) >= 11 is 0. The topological polar surface area (TPSA) is 44.2 Å². The lowest BCUT2D eigenvalue weighted by atomic mass is 9.98. The predicted octanol–water partition coefficient (Wildman–Crippen LogP) is 4.15. The SMILES string of the molecule is FC(F)(F)COc1nc(OC2CCCCC2)ncc1C(F)(F)F. The minimum Gasteiger partial charge on any atom is -0.467 e. The summed E-state index contributed by atoms with van der Waals surface area (Å²) in [5.41, 5.74) is -1.47. The van der Waals surface area contributed by atoms with Crippen molar-refractivity contribution in [3.8, 4) is 11.9 Å². The van der Waals surface area contributed by atoms with Crippen molar-refractivity contribution < 1.29 is 35.8 Å². The second-order valence-electron chi connectivity index (χ2n) is 5.15. The molecule has 1 aliphatic rings. The van der Waals surface area contributed by atoms with Crippen LogP contribution in [0.2, 0.25) is 0 Å². The van der Waals surface area contributed by atoms with Gasteiger partial charge in [-0.25, -0.2) is 4.98 Å². The number of nitrogens with zero attached hydrogens (tertiary/aromatic N) is 2. The van der Waals surface area contributed by atoms with Gasteiger partial charge in [0.05, 0.1) is 6.20 Å². The Kier molecular flexibility index (Phi) is 5.20. The van der Waals surface area contributed by atoms with E-state index in [9.17, 15) is 26.3 Å². The maximum Gasteiger partial charge on any atom is 0.423 e. The first-order valence-electron chi connectivity index (χ1n) is 6.95. The van der Waals surface area contributed by atoms with Crippen LogP contribution in [-0.2, 0) is 6.18 Å². The molecule has 0 bridgehead atoms. The van der Waals surface area contributed by atoms with E-state index in [4.69, 9.17) is 4.74 Å². The summed E-state index contributed by atoms with van der Waals surface area (Å²) in [6.07, 6.45) is -5.35. The van der Waals surface area contributed by atoms with Gasteiger partial charge in [0.1, 0.15) is 11.7 Å². The molecule has 10 heteroatoms. The van der Waals surface area contributed by atoms with E-state index in [2.05, 4.69) is 14.7 Å². The Bertz CT molecular complexity index is 526. The zero-order valence-electron chi connectivity index (χ0n) is 11.9. The minimum atomic E-state index is -4.93. The van der Waals surface area contributed by atoms with Crippen molar-refractivity contribution >= 4 is 0 Å². The summed E-state index contributed by atoms with van der Waals surface area (Å²) in [5.74, 6) is -1.18. The summed E-state index contributed by atoms with van der Waals surface area (Å²) in [4.78, 5) is 6.79. The van der Waals surface area contributed by atoms with Crippen molar-refractivity contribution in [2.75, 3.05) is 6.61 Å². The molecule has 1 aromatic heterocycles. The second kappa shape index (κ2) is 6.79. The van der Waals surface area contributed by atoms with Crippen LogP contribution in [0.5, 0.6) is 11.9 Å². The second-order valence-corrected chi connectivity index (χ2v) is 5.15. The monoisotopic (exact) mass is 344 g/mol. The van der Waals surface area contributed by atoms with Crippen LogP contribution in [0.1, 0.15) is 37.7 Å². The first kappa shape index (κ1) is 17.6. The summed E-state index contributed by atoms with van der Waals surface area (Å²) < 4.78 is 84.3. The summed E-state index contributed by atoms with van der Waals surface area (Å²) in [6.45, 7) is -1.88. The highest BCUT2D eigenvalue weighted by Gasteiger charge is 2.38. The Morgan fingerprint density at radius 2 is 1.70 bits per heavy atom. The van der Waals surface area contributed by atoms with Crippen LogP contribution < -0.4 is 9.47 Å². The first-order valence-corrected chi connectivity index (χ1v) is 6.95. The Labute approximate surface area is 127 Å². The van der Waals surface area contributed by atoms with Crippen molar-refractivity contribution in [2.45, 2.75) is 50.6 Å². The Balaban J connectivity index is 2.18. The lowest BCUT2D eigenvalue weighted by Crippen LogP contribution is -2.23. The first-order chi connectivity index (χ1) is 10.6. The number of alkyl halides is 6. The molecule has 1 heterocycles. The van der Waals surface area contributed by atoms with Gasteiger partial charge in [-0.1, -0.05) is 6.42 Å². The lowest BCUT2D eigenvalue weighted by molar-refractivity contribution is -0.160. The van der Waals surface area contributed by atoms with Gasteiger partial charge in [-0.05, 0) is 25.7 Å². The van der Waals surface area contributed by atoms with E-state index in [1.165, 1.54) is 0 Å². The normalized spacial score (nSPS) is 17.1. The third-order valence-corrected chi connectivity index (χ3v) is 3.23. The Morgan fingerprint density at radius 1 is 1.04 bits per heavy atom. The van der Waals surface area contributed by atoms with Gasteiger partial charge in [0.15, 0.2) is 6.61 Å². The van der Waals surface area contributed by atoms with E-state index < -0.39 is 36.4 Å². The van der Waals surface area contributed by atoms with Crippen LogP contribution in [0, 0.1) is 0 Å². The quantitative estimate of drug-likeness (QED) is 0.770. The van der Waals surface area contributed by atoms with Gasteiger partial charge in [0.2, 0.25) is 5.88 Å². The molecule has 0 amide bonds. The van der Waals surface area contributed by atoms with E-state index in [1.807, 2.05) is 0 Å². The van der Waals surface area contributed by atoms with Crippen molar-refractivity contribution in [3.63, 3.8) is 0 Å². The molecule has 1 aliphatic carbocycles. The molecule has 0 saturated heterocycles. The zero-order valence-corrected chi connectivity index (χ0v) is 11.9. The summed E-state index contributed by atoms with van der Waals surface area (Å²) in [5, 5.41) is 0. The van der Waals surface area contributed by atoms with Crippen LogP contribution in [-0.4, -0.2) is 28.9 Å². The molecule has 0 unspecified atom stereocenters. The van der Waals surface area contributed by atoms with Crippen LogP contribution >= 0.6 is 0 Å². The third kappa shape index (κ3) is 5.43. The third-order valence-electron chi connectivity index (χ3n) is 3.23. The molecule has 23 heavy (non-hydrogen) atoms. The number of rotatable bonds is 4. The average Bonchev–Trinajstić information content (AvgIpc) is 2.44. The van der Waals surface area contributed by atoms with Crippen molar-refractivity contribution in [3.05, 3.63) is 11.8 Å². The lowest BCUT2D eigenvalue weighted by Gasteiger charge is -2.22. The molecule has 2 rings (SSSR count). The highest BCUT2D eigenvalue weighted by molar-refractivity contribution is 5.28. The van der Waals surface area contributed by atoms with Crippen LogP contribution in [0.4, 0.5) is 26.3 Å². The summed E-state index contributed by atoms with van der Waals surface area (Å²) in [7, 11) is 0.